The molecule has 0 radical (unpaired) electrons. The molecular weight excluding hydrogens is 274 g/mol. The van der Waals surface area contributed by atoms with Crippen LogP contribution in [0.3, 0.4) is 0 Å². The van der Waals surface area contributed by atoms with Crippen molar-refractivity contribution in [3.8, 4) is 5.75 Å². The van der Waals surface area contributed by atoms with Crippen molar-refractivity contribution < 1.29 is 9.53 Å². The van der Waals surface area contributed by atoms with Crippen LogP contribution in [0.2, 0.25) is 0 Å². The molecule has 1 aromatic rings. The van der Waals surface area contributed by atoms with Crippen molar-refractivity contribution in [2.75, 3.05) is 19.7 Å². The molecule has 0 aromatic heterocycles. The summed E-state index contributed by atoms with van der Waals surface area (Å²) in [6.07, 6.45) is 9.51. The summed E-state index contributed by atoms with van der Waals surface area (Å²) in [7, 11) is 0. The Labute approximate surface area is 134 Å². The highest BCUT2D eigenvalue weighted by molar-refractivity contribution is 5.91. The first-order chi connectivity index (χ1) is 10.8. The first-order valence-corrected chi connectivity index (χ1v) is 8.43. The highest BCUT2D eigenvalue weighted by Crippen LogP contribution is 2.24. The second-order valence-corrected chi connectivity index (χ2v) is 5.84. The molecule has 0 saturated heterocycles. The van der Waals surface area contributed by atoms with E-state index in [0.717, 1.165) is 31.7 Å². The topological polar surface area (TPSA) is 29.5 Å². The van der Waals surface area contributed by atoms with Gasteiger partial charge in [0.15, 0.2) is 5.78 Å². The third-order valence-corrected chi connectivity index (χ3v) is 4.25. The Morgan fingerprint density at radius 3 is 2.64 bits per heavy atom. The minimum atomic E-state index is 0.254. The van der Waals surface area contributed by atoms with Crippen LogP contribution in [0.15, 0.2) is 42.6 Å². The number of allylic oxidation sites excluding steroid dienone is 1. The van der Waals surface area contributed by atoms with Gasteiger partial charge in [0.2, 0.25) is 0 Å². The van der Waals surface area contributed by atoms with Crippen LogP contribution < -0.4 is 4.74 Å². The Balaban J connectivity index is 1.73. The van der Waals surface area contributed by atoms with Gasteiger partial charge in [-0.1, -0.05) is 37.5 Å². The molecule has 0 aliphatic heterocycles. The fourth-order valence-electron chi connectivity index (χ4n) is 2.84. The van der Waals surface area contributed by atoms with Gasteiger partial charge < -0.3 is 9.64 Å². The molecule has 0 spiro atoms. The first kappa shape index (κ1) is 16.6. The molecule has 3 heteroatoms. The van der Waals surface area contributed by atoms with Crippen LogP contribution in [0, 0.1) is 5.92 Å². The van der Waals surface area contributed by atoms with Crippen molar-refractivity contribution in [2.45, 2.75) is 39.0 Å². The van der Waals surface area contributed by atoms with E-state index in [1.165, 1.54) is 19.3 Å². The summed E-state index contributed by atoms with van der Waals surface area (Å²) in [5, 5.41) is 0. The summed E-state index contributed by atoms with van der Waals surface area (Å²) in [5.74, 6) is 1.44. The SMILES string of the molecule is CCN(/C=C/C(=O)C1CCCCC1)CCOc1ccccc1. The standard InChI is InChI=1S/C19H27NO2/c1-2-20(15-16-22-18-11-7-4-8-12-18)14-13-19(21)17-9-5-3-6-10-17/h4,7-8,11-14,17H,2-3,5-6,9-10,15-16H2,1H3/b14-13+. The Kier molecular flexibility index (Phi) is 7.01. The lowest BCUT2D eigenvalue weighted by Gasteiger charge is -2.20. The lowest BCUT2D eigenvalue weighted by atomic mass is 9.86. The average molecular weight is 301 g/mol. The normalized spacial score (nSPS) is 15.9. The second-order valence-electron chi connectivity index (χ2n) is 5.84. The number of likely N-dealkylation sites (N-methyl/N-ethyl adjacent to an activating group) is 1. The lowest BCUT2D eigenvalue weighted by Crippen LogP contribution is -2.24. The Morgan fingerprint density at radius 1 is 1.23 bits per heavy atom. The summed E-state index contributed by atoms with van der Waals surface area (Å²) in [6, 6.07) is 9.83. The Bertz CT molecular complexity index is 464. The second kappa shape index (κ2) is 9.29. The zero-order valence-corrected chi connectivity index (χ0v) is 13.5. The van der Waals surface area contributed by atoms with Crippen LogP contribution in [-0.4, -0.2) is 30.4 Å². The number of carbonyl (C=O) groups excluding carboxylic acids is 1. The van der Waals surface area contributed by atoms with Gasteiger partial charge in [0.1, 0.15) is 12.4 Å². The number of rotatable bonds is 8. The molecule has 1 aliphatic rings. The lowest BCUT2D eigenvalue weighted by molar-refractivity contribution is -0.119. The fourth-order valence-corrected chi connectivity index (χ4v) is 2.84. The van der Waals surface area contributed by atoms with E-state index in [2.05, 4.69) is 11.8 Å². The molecule has 3 nitrogen and oxygen atoms in total. The molecule has 1 aliphatic carbocycles. The number of hydrogen-bond acceptors (Lipinski definition) is 3. The van der Waals surface area contributed by atoms with Crippen LogP contribution in [0.4, 0.5) is 0 Å². The summed E-state index contributed by atoms with van der Waals surface area (Å²) < 4.78 is 5.70. The van der Waals surface area contributed by atoms with E-state index in [1.54, 1.807) is 6.08 Å². The number of carbonyl (C=O) groups is 1. The van der Waals surface area contributed by atoms with E-state index in [4.69, 9.17) is 4.74 Å². The number of hydrogen-bond donors (Lipinski definition) is 0. The smallest absolute Gasteiger partial charge is 0.160 e. The maximum absolute atomic E-state index is 12.2. The molecule has 0 atom stereocenters. The monoisotopic (exact) mass is 301 g/mol. The van der Waals surface area contributed by atoms with Crippen molar-refractivity contribution in [3.63, 3.8) is 0 Å². The van der Waals surface area contributed by atoms with E-state index in [0.29, 0.717) is 12.4 Å². The van der Waals surface area contributed by atoms with Crippen LogP contribution in [0.25, 0.3) is 0 Å². The molecular formula is C19H27NO2. The highest BCUT2D eigenvalue weighted by Gasteiger charge is 2.18. The van der Waals surface area contributed by atoms with Gasteiger partial charge in [0, 0.05) is 18.7 Å². The highest BCUT2D eigenvalue weighted by atomic mass is 16.5. The predicted molar refractivity (Wildman–Crippen MR) is 89.9 cm³/mol. The third kappa shape index (κ3) is 5.55. The van der Waals surface area contributed by atoms with E-state index in [9.17, 15) is 4.79 Å². The molecule has 120 valence electrons. The van der Waals surface area contributed by atoms with E-state index >= 15 is 0 Å². The molecule has 0 amide bonds. The van der Waals surface area contributed by atoms with Crippen LogP contribution in [0.1, 0.15) is 39.0 Å². The van der Waals surface area contributed by atoms with Gasteiger partial charge in [0.25, 0.3) is 0 Å². The largest absolute Gasteiger partial charge is 0.492 e. The maximum atomic E-state index is 12.2. The van der Waals surface area contributed by atoms with E-state index < -0.39 is 0 Å². The summed E-state index contributed by atoms with van der Waals surface area (Å²) in [5.41, 5.74) is 0. The van der Waals surface area contributed by atoms with Crippen molar-refractivity contribution >= 4 is 5.78 Å². The maximum Gasteiger partial charge on any atom is 0.160 e. The molecule has 0 heterocycles. The Morgan fingerprint density at radius 2 is 1.95 bits per heavy atom. The first-order valence-electron chi connectivity index (χ1n) is 8.43. The molecule has 22 heavy (non-hydrogen) atoms. The van der Waals surface area contributed by atoms with Gasteiger partial charge in [0.05, 0.1) is 6.54 Å². The number of para-hydroxylation sites is 1. The van der Waals surface area contributed by atoms with Crippen molar-refractivity contribution in [2.24, 2.45) is 5.92 Å². The minimum Gasteiger partial charge on any atom is -0.492 e. The van der Waals surface area contributed by atoms with Crippen molar-refractivity contribution in [1.29, 1.82) is 0 Å². The van der Waals surface area contributed by atoms with E-state index in [1.807, 2.05) is 36.5 Å². The van der Waals surface area contributed by atoms with Crippen molar-refractivity contribution in [3.05, 3.63) is 42.6 Å². The molecule has 1 saturated carbocycles. The van der Waals surface area contributed by atoms with Gasteiger partial charge in [-0.2, -0.15) is 0 Å². The predicted octanol–water partition coefficient (Wildman–Crippen LogP) is 4.05. The van der Waals surface area contributed by atoms with Gasteiger partial charge >= 0.3 is 0 Å². The molecule has 0 unspecified atom stereocenters. The third-order valence-electron chi connectivity index (χ3n) is 4.25. The zero-order valence-electron chi connectivity index (χ0n) is 13.5. The van der Waals surface area contributed by atoms with Gasteiger partial charge in [-0.05, 0) is 38.0 Å². The summed E-state index contributed by atoms with van der Waals surface area (Å²) in [6.45, 7) is 4.39. The Hall–Kier alpha value is -1.77. The quantitative estimate of drug-likeness (QED) is 0.678. The molecule has 2 rings (SSSR count). The molecule has 0 N–H and O–H groups in total. The molecule has 1 fully saturated rings. The van der Waals surface area contributed by atoms with Gasteiger partial charge in [-0.15, -0.1) is 0 Å². The number of ketones is 1. The minimum absolute atomic E-state index is 0.254. The molecule has 1 aromatic carbocycles. The van der Waals surface area contributed by atoms with Gasteiger partial charge in [-0.25, -0.2) is 0 Å². The number of ether oxygens (including phenoxy) is 1. The fraction of sp³-hybridized carbons (Fsp3) is 0.526. The van der Waals surface area contributed by atoms with Crippen LogP contribution in [-0.2, 0) is 4.79 Å². The number of nitrogens with zero attached hydrogens (tertiary/aromatic N) is 1. The zero-order chi connectivity index (χ0) is 15.6. The van der Waals surface area contributed by atoms with Crippen LogP contribution in [0.5, 0.6) is 5.75 Å². The van der Waals surface area contributed by atoms with Gasteiger partial charge in [-0.3, -0.25) is 4.79 Å². The van der Waals surface area contributed by atoms with Crippen LogP contribution >= 0.6 is 0 Å². The molecule has 0 bridgehead atoms. The number of benzene rings is 1. The summed E-state index contributed by atoms with van der Waals surface area (Å²) in [4.78, 5) is 14.3. The van der Waals surface area contributed by atoms with Crippen molar-refractivity contribution in [1.82, 2.24) is 4.90 Å². The summed E-state index contributed by atoms with van der Waals surface area (Å²) >= 11 is 0. The van der Waals surface area contributed by atoms with E-state index in [-0.39, 0.29) is 5.92 Å². The average Bonchev–Trinajstić information content (AvgIpc) is 2.59.